The Kier molecular flexibility index (Phi) is 5.69. The van der Waals surface area contributed by atoms with Crippen molar-refractivity contribution < 1.29 is 14.3 Å². The highest BCUT2D eigenvalue weighted by Crippen LogP contribution is 2.43. The fourth-order valence-corrected chi connectivity index (χ4v) is 4.01. The molecular weight excluding hydrogens is 366 g/mol. The molecule has 2 aromatic rings. The van der Waals surface area contributed by atoms with Crippen molar-refractivity contribution in [2.24, 2.45) is 5.92 Å². The van der Waals surface area contributed by atoms with Gasteiger partial charge in [0.2, 0.25) is 12.3 Å². The first-order chi connectivity index (χ1) is 14.2. The predicted octanol–water partition coefficient (Wildman–Crippen LogP) is 3.11. The number of carbonyl (C=O) groups excluding carboxylic acids is 2. The molecule has 1 saturated heterocycles. The summed E-state index contributed by atoms with van der Waals surface area (Å²) in [5.74, 6) is 0.930. The first-order valence-electron chi connectivity index (χ1n) is 10.2. The molecule has 1 atom stereocenters. The molecule has 1 aliphatic heterocycles. The number of benzene rings is 2. The van der Waals surface area contributed by atoms with E-state index in [1.54, 1.807) is 12.0 Å². The summed E-state index contributed by atoms with van der Waals surface area (Å²) in [6.45, 7) is 2.95. The van der Waals surface area contributed by atoms with E-state index in [2.05, 4.69) is 10.2 Å². The summed E-state index contributed by atoms with van der Waals surface area (Å²) in [5.41, 5.74) is 2.77. The van der Waals surface area contributed by atoms with Crippen LogP contribution in [0.1, 0.15) is 24.3 Å². The van der Waals surface area contributed by atoms with Gasteiger partial charge in [0.05, 0.1) is 18.7 Å². The Morgan fingerprint density at radius 2 is 1.83 bits per heavy atom. The summed E-state index contributed by atoms with van der Waals surface area (Å²) >= 11 is 0. The molecular formula is C23H27N3O3. The van der Waals surface area contributed by atoms with Crippen LogP contribution in [-0.4, -0.2) is 50.5 Å². The predicted molar refractivity (Wildman–Crippen MR) is 113 cm³/mol. The van der Waals surface area contributed by atoms with Crippen molar-refractivity contribution in [2.45, 2.75) is 18.8 Å². The van der Waals surface area contributed by atoms with E-state index >= 15 is 0 Å². The first-order valence-corrected chi connectivity index (χ1v) is 10.2. The van der Waals surface area contributed by atoms with Crippen LogP contribution in [0.3, 0.4) is 0 Å². The van der Waals surface area contributed by atoms with Gasteiger partial charge in [0.25, 0.3) is 0 Å². The number of piperazine rings is 1. The number of hydrogen-bond acceptors (Lipinski definition) is 4. The van der Waals surface area contributed by atoms with Gasteiger partial charge in [0.1, 0.15) is 5.75 Å². The number of nitrogens with zero attached hydrogens (tertiary/aromatic N) is 2. The summed E-state index contributed by atoms with van der Waals surface area (Å²) in [6.07, 6.45) is 3.08. The van der Waals surface area contributed by atoms with Crippen molar-refractivity contribution >= 4 is 23.7 Å². The minimum absolute atomic E-state index is 0.0138. The Balaban J connectivity index is 1.54. The number of ether oxygens (including phenoxy) is 1. The van der Waals surface area contributed by atoms with Crippen LogP contribution in [0, 0.1) is 5.92 Å². The molecule has 2 aliphatic rings. The highest BCUT2D eigenvalue weighted by Gasteiger charge is 2.37. The van der Waals surface area contributed by atoms with E-state index in [0.717, 1.165) is 43.6 Å². The van der Waals surface area contributed by atoms with E-state index in [-0.39, 0.29) is 11.8 Å². The second kappa shape index (κ2) is 8.55. The van der Waals surface area contributed by atoms with Gasteiger partial charge in [-0.1, -0.05) is 30.3 Å². The van der Waals surface area contributed by atoms with E-state index in [4.69, 9.17) is 4.74 Å². The first kappa shape index (κ1) is 19.3. The smallest absolute Gasteiger partial charge is 0.232 e. The molecule has 1 aliphatic carbocycles. The van der Waals surface area contributed by atoms with Crippen LogP contribution in [0.5, 0.6) is 5.75 Å². The lowest BCUT2D eigenvalue weighted by Crippen LogP contribution is -2.45. The maximum Gasteiger partial charge on any atom is 0.232 e. The molecule has 0 radical (unpaired) electrons. The molecule has 2 aromatic carbocycles. The number of anilines is 2. The van der Waals surface area contributed by atoms with Crippen molar-refractivity contribution in [2.75, 3.05) is 43.5 Å². The van der Waals surface area contributed by atoms with Crippen LogP contribution < -0.4 is 15.0 Å². The molecule has 1 saturated carbocycles. The van der Waals surface area contributed by atoms with Crippen molar-refractivity contribution in [1.82, 2.24) is 4.90 Å². The molecule has 0 aromatic heterocycles. The normalized spacial score (nSPS) is 17.6. The number of nitrogens with one attached hydrogen (secondary N) is 1. The molecule has 6 nitrogen and oxygen atoms in total. The van der Waals surface area contributed by atoms with Gasteiger partial charge < -0.3 is 19.9 Å². The molecule has 0 spiro atoms. The van der Waals surface area contributed by atoms with Crippen molar-refractivity contribution in [3.8, 4) is 5.75 Å². The largest absolute Gasteiger partial charge is 0.495 e. The van der Waals surface area contributed by atoms with Gasteiger partial charge in [-0.05, 0) is 42.5 Å². The average Bonchev–Trinajstić information content (AvgIpc) is 3.60. The molecule has 6 heteroatoms. The molecule has 1 N–H and O–H groups in total. The van der Waals surface area contributed by atoms with Gasteiger partial charge in [-0.2, -0.15) is 0 Å². The number of hydrogen-bond donors (Lipinski definition) is 1. The highest BCUT2D eigenvalue weighted by molar-refractivity contribution is 5.98. The second-order valence-corrected chi connectivity index (χ2v) is 7.73. The summed E-state index contributed by atoms with van der Waals surface area (Å²) in [7, 11) is 1.61. The van der Waals surface area contributed by atoms with E-state index in [1.165, 1.54) is 0 Å². The quantitative estimate of drug-likeness (QED) is 0.735. The zero-order chi connectivity index (χ0) is 20.2. The second-order valence-electron chi connectivity index (χ2n) is 7.73. The van der Waals surface area contributed by atoms with Crippen LogP contribution in [0.4, 0.5) is 11.4 Å². The van der Waals surface area contributed by atoms with Gasteiger partial charge >= 0.3 is 0 Å². The van der Waals surface area contributed by atoms with Gasteiger partial charge in [-0.25, -0.2) is 0 Å². The maximum absolute atomic E-state index is 13.2. The molecule has 4 rings (SSSR count). The van der Waals surface area contributed by atoms with Gasteiger partial charge in [-0.3, -0.25) is 9.59 Å². The number of methoxy groups -OCH3 is 1. The third-order valence-electron chi connectivity index (χ3n) is 5.80. The third kappa shape index (κ3) is 4.36. The minimum Gasteiger partial charge on any atom is -0.495 e. The molecule has 2 fully saturated rings. The lowest BCUT2D eigenvalue weighted by atomic mass is 9.93. The van der Waals surface area contributed by atoms with Crippen LogP contribution >= 0.6 is 0 Å². The van der Waals surface area contributed by atoms with Gasteiger partial charge in [0.15, 0.2) is 0 Å². The summed E-state index contributed by atoms with van der Waals surface area (Å²) in [5, 5.41) is 3.12. The van der Waals surface area contributed by atoms with Crippen LogP contribution in [-0.2, 0) is 9.59 Å². The topological polar surface area (TPSA) is 61.9 Å². The monoisotopic (exact) mass is 393 g/mol. The zero-order valence-corrected chi connectivity index (χ0v) is 16.7. The SMILES string of the molecule is COc1ccc(N2CCN(C=O)CC2)cc1NC(=O)C(c1ccccc1)C1CC1. The van der Waals surface area contributed by atoms with E-state index in [1.807, 2.05) is 48.5 Å². The molecule has 152 valence electrons. The maximum atomic E-state index is 13.2. The lowest BCUT2D eigenvalue weighted by molar-refractivity contribution is -0.119. The highest BCUT2D eigenvalue weighted by atomic mass is 16.5. The Labute approximate surface area is 171 Å². The third-order valence-corrected chi connectivity index (χ3v) is 5.80. The fourth-order valence-electron chi connectivity index (χ4n) is 4.01. The van der Waals surface area contributed by atoms with Crippen molar-refractivity contribution in [3.05, 3.63) is 54.1 Å². The molecule has 0 bridgehead atoms. The Bertz CT molecular complexity index is 859. The number of carbonyl (C=O) groups is 2. The van der Waals surface area contributed by atoms with Crippen molar-refractivity contribution in [1.29, 1.82) is 0 Å². The standard InChI is InChI=1S/C23H27N3O3/c1-29-21-10-9-19(26-13-11-25(16-27)12-14-26)15-20(21)24-23(28)22(18-7-8-18)17-5-3-2-4-6-17/h2-6,9-10,15-16,18,22H,7-8,11-14H2,1H3,(H,24,28). The minimum atomic E-state index is -0.138. The summed E-state index contributed by atoms with van der Waals surface area (Å²) in [4.78, 5) is 28.2. The Morgan fingerprint density at radius 1 is 1.10 bits per heavy atom. The van der Waals surface area contributed by atoms with Gasteiger partial charge in [-0.15, -0.1) is 0 Å². The zero-order valence-electron chi connectivity index (χ0n) is 16.7. The number of amides is 2. The van der Waals surface area contributed by atoms with Crippen LogP contribution in [0.2, 0.25) is 0 Å². The molecule has 29 heavy (non-hydrogen) atoms. The average molecular weight is 393 g/mol. The molecule has 1 unspecified atom stereocenters. The summed E-state index contributed by atoms with van der Waals surface area (Å²) in [6, 6.07) is 15.9. The lowest BCUT2D eigenvalue weighted by Gasteiger charge is -2.34. The van der Waals surface area contributed by atoms with E-state index in [9.17, 15) is 9.59 Å². The molecule has 2 amide bonds. The van der Waals surface area contributed by atoms with Crippen molar-refractivity contribution in [3.63, 3.8) is 0 Å². The van der Waals surface area contributed by atoms with Crippen LogP contribution in [0.15, 0.2) is 48.5 Å². The fraction of sp³-hybridized carbons (Fsp3) is 0.391. The summed E-state index contributed by atoms with van der Waals surface area (Å²) < 4.78 is 5.50. The Hall–Kier alpha value is -3.02. The number of rotatable bonds is 7. The molecule has 1 heterocycles. The van der Waals surface area contributed by atoms with Gasteiger partial charge in [0, 0.05) is 31.9 Å². The van der Waals surface area contributed by atoms with E-state index in [0.29, 0.717) is 30.4 Å². The Morgan fingerprint density at radius 3 is 2.45 bits per heavy atom. The van der Waals surface area contributed by atoms with Crippen LogP contribution in [0.25, 0.3) is 0 Å². The van der Waals surface area contributed by atoms with E-state index < -0.39 is 0 Å².